The van der Waals surface area contributed by atoms with Gasteiger partial charge in [0.05, 0.1) is 18.4 Å². The van der Waals surface area contributed by atoms with E-state index in [9.17, 15) is 18.3 Å². The van der Waals surface area contributed by atoms with Crippen molar-refractivity contribution in [2.45, 2.75) is 38.1 Å². The molecule has 6 nitrogen and oxygen atoms in total. The summed E-state index contributed by atoms with van der Waals surface area (Å²) in [6.45, 7) is 1.25. The molecule has 192 valence electrons. The van der Waals surface area contributed by atoms with E-state index in [4.69, 9.17) is 10.5 Å². The molecule has 1 aromatic heterocycles. The van der Waals surface area contributed by atoms with E-state index in [1.54, 1.807) is 6.20 Å². The maximum absolute atomic E-state index is 12.7. The Morgan fingerprint density at radius 3 is 2.51 bits per heavy atom. The molecule has 0 unspecified atom stereocenters. The van der Waals surface area contributed by atoms with Gasteiger partial charge in [0.1, 0.15) is 23.7 Å². The molecule has 2 aromatic carbocycles. The molecule has 1 spiro atoms. The maximum Gasteiger partial charge on any atom is 0.416 e. The predicted molar refractivity (Wildman–Crippen MR) is 133 cm³/mol. The van der Waals surface area contributed by atoms with Crippen molar-refractivity contribution in [1.82, 2.24) is 9.97 Å². The Bertz CT molecular complexity index is 1320. The average Bonchev–Trinajstić information content (AvgIpc) is 3.17. The molecule has 1 fully saturated rings. The lowest BCUT2D eigenvalue weighted by Crippen LogP contribution is -2.45. The first-order chi connectivity index (χ1) is 17.8. The third-order valence-electron chi connectivity index (χ3n) is 7.33. The summed E-state index contributed by atoms with van der Waals surface area (Å²) in [7, 11) is 0. The Morgan fingerprint density at radius 2 is 1.84 bits per heavy atom. The van der Waals surface area contributed by atoms with Crippen molar-refractivity contribution in [2.75, 3.05) is 24.6 Å². The molecule has 1 aliphatic carbocycles. The Hall–Kier alpha value is -3.61. The van der Waals surface area contributed by atoms with Crippen LogP contribution in [0.4, 0.5) is 19.0 Å². The summed E-state index contributed by atoms with van der Waals surface area (Å²) < 4.78 is 43.4. The van der Waals surface area contributed by atoms with Crippen LogP contribution in [0.15, 0.2) is 54.7 Å². The normalized spacial score (nSPS) is 18.3. The van der Waals surface area contributed by atoms with Crippen LogP contribution in [0.1, 0.15) is 47.0 Å². The van der Waals surface area contributed by atoms with Gasteiger partial charge in [-0.25, -0.2) is 9.97 Å². The van der Waals surface area contributed by atoms with Gasteiger partial charge in [-0.3, -0.25) is 0 Å². The van der Waals surface area contributed by atoms with Crippen LogP contribution in [0, 0.1) is 17.3 Å². The highest BCUT2D eigenvalue weighted by molar-refractivity contribution is 5.47. The lowest BCUT2D eigenvalue weighted by molar-refractivity contribution is -0.137. The number of benzene rings is 2. The van der Waals surface area contributed by atoms with Crippen molar-refractivity contribution < 1.29 is 23.0 Å². The lowest BCUT2D eigenvalue weighted by atomic mass is 9.73. The van der Waals surface area contributed by atoms with E-state index < -0.39 is 11.7 Å². The summed E-state index contributed by atoms with van der Waals surface area (Å²) in [5.41, 5.74) is 9.40. The van der Waals surface area contributed by atoms with Crippen molar-refractivity contribution in [3.8, 4) is 17.6 Å². The number of hydrogen-bond acceptors (Lipinski definition) is 6. The Morgan fingerprint density at radius 1 is 1.11 bits per heavy atom. The van der Waals surface area contributed by atoms with Crippen LogP contribution in [0.2, 0.25) is 0 Å². The minimum absolute atomic E-state index is 0.0247. The molecule has 0 amide bonds. The van der Waals surface area contributed by atoms with Gasteiger partial charge < -0.3 is 20.5 Å². The topological polar surface area (TPSA) is 84.5 Å². The van der Waals surface area contributed by atoms with Crippen molar-refractivity contribution in [1.29, 1.82) is 0 Å². The SMILES string of the molecule is N[C@@H]1c2ccccc2CC12CCN(c1ncc(C#CCOc3ccc(C(F)(F)F)cc3)nc1CO)CC2. The summed E-state index contributed by atoms with van der Waals surface area (Å²) in [5, 5.41) is 9.94. The number of ether oxygens (including phenoxy) is 1. The van der Waals surface area contributed by atoms with Crippen molar-refractivity contribution in [2.24, 2.45) is 11.1 Å². The van der Waals surface area contributed by atoms with Crippen LogP contribution >= 0.6 is 0 Å². The number of alkyl halides is 3. The minimum Gasteiger partial charge on any atom is -0.481 e. The summed E-state index contributed by atoms with van der Waals surface area (Å²) in [6.07, 6.45) is 0.00974. The molecule has 3 N–H and O–H groups in total. The Balaban J connectivity index is 1.20. The molecule has 0 radical (unpaired) electrons. The van der Waals surface area contributed by atoms with E-state index >= 15 is 0 Å². The van der Waals surface area contributed by atoms with Crippen LogP contribution < -0.4 is 15.4 Å². The highest BCUT2D eigenvalue weighted by atomic mass is 19.4. The van der Waals surface area contributed by atoms with Crippen molar-refractivity contribution in [3.63, 3.8) is 0 Å². The number of rotatable bonds is 4. The molecular weight excluding hydrogens is 481 g/mol. The number of nitrogens with zero attached hydrogens (tertiary/aromatic N) is 3. The van der Waals surface area contributed by atoms with Crippen LogP contribution in [-0.2, 0) is 19.2 Å². The highest BCUT2D eigenvalue weighted by Crippen LogP contribution is 2.51. The lowest BCUT2D eigenvalue weighted by Gasteiger charge is -2.42. The first kappa shape index (κ1) is 25.1. The smallest absolute Gasteiger partial charge is 0.416 e. The maximum atomic E-state index is 12.7. The molecule has 1 saturated heterocycles. The van der Waals surface area contributed by atoms with Gasteiger partial charge in [0, 0.05) is 19.1 Å². The standard InChI is InChI=1S/C28H27F3N4O2/c29-28(30,31)20-7-9-22(10-8-20)37-15-3-5-21-17-33-26(24(18-36)34-21)35-13-11-27(12-14-35)16-19-4-1-2-6-23(19)25(27)32/h1-2,4,6-10,17,25,36H,11-16,18,32H2/t25-/m1/s1. The largest absolute Gasteiger partial charge is 0.481 e. The third-order valence-corrected chi connectivity index (χ3v) is 7.33. The summed E-state index contributed by atoms with van der Waals surface area (Å²) in [5.74, 6) is 6.55. The number of anilines is 1. The predicted octanol–water partition coefficient (Wildman–Crippen LogP) is 4.26. The molecule has 1 atom stereocenters. The second-order valence-electron chi connectivity index (χ2n) is 9.50. The molecule has 2 heterocycles. The number of nitrogens with two attached hydrogens (primary N) is 1. The molecular formula is C28H27F3N4O2. The van der Waals surface area contributed by atoms with Crippen LogP contribution in [0.5, 0.6) is 5.75 Å². The van der Waals surface area contributed by atoms with Gasteiger partial charge in [-0.1, -0.05) is 30.2 Å². The zero-order valence-electron chi connectivity index (χ0n) is 20.1. The van der Waals surface area contributed by atoms with E-state index in [1.807, 2.05) is 6.07 Å². The van der Waals surface area contributed by atoms with Crippen LogP contribution in [0.25, 0.3) is 0 Å². The Labute approximate surface area is 213 Å². The Kier molecular flexibility index (Phi) is 6.80. The number of hydrogen-bond donors (Lipinski definition) is 2. The van der Waals surface area contributed by atoms with Crippen LogP contribution in [0.3, 0.4) is 0 Å². The van der Waals surface area contributed by atoms with Gasteiger partial charge >= 0.3 is 6.18 Å². The molecule has 2 aliphatic rings. The summed E-state index contributed by atoms with van der Waals surface area (Å²) in [6, 6.07) is 12.9. The zero-order valence-corrected chi connectivity index (χ0v) is 20.1. The van der Waals surface area contributed by atoms with Gasteiger partial charge in [0.25, 0.3) is 0 Å². The van der Waals surface area contributed by atoms with Gasteiger partial charge in [-0.2, -0.15) is 13.2 Å². The molecule has 0 saturated carbocycles. The van der Waals surface area contributed by atoms with E-state index in [0.717, 1.165) is 44.5 Å². The van der Waals surface area contributed by atoms with Gasteiger partial charge in [-0.15, -0.1) is 0 Å². The first-order valence-electron chi connectivity index (χ1n) is 12.1. The number of fused-ring (bicyclic) bond motifs is 1. The van der Waals surface area contributed by atoms with E-state index in [-0.39, 0.29) is 30.4 Å². The second-order valence-corrected chi connectivity index (χ2v) is 9.50. The van der Waals surface area contributed by atoms with Crippen molar-refractivity contribution >= 4 is 5.82 Å². The molecule has 3 aromatic rings. The highest BCUT2D eigenvalue weighted by Gasteiger charge is 2.46. The van der Waals surface area contributed by atoms with E-state index in [0.29, 0.717) is 17.2 Å². The fraction of sp³-hybridized carbons (Fsp3) is 0.357. The number of aromatic nitrogens is 2. The number of aliphatic hydroxyl groups is 1. The monoisotopic (exact) mass is 508 g/mol. The third kappa shape index (κ3) is 5.13. The molecule has 1 aliphatic heterocycles. The fourth-order valence-corrected chi connectivity index (χ4v) is 5.31. The quantitative estimate of drug-likeness (QED) is 0.513. The molecule has 0 bridgehead atoms. The average molecular weight is 509 g/mol. The summed E-state index contributed by atoms with van der Waals surface area (Å²) >= 11 is 0. The van der Waals surface area contributed by atoms with Crippen molar-refractivity contribution in [3.05, 3.63) is 82.8 Å². The first-order valence-corrected chi connectivity index (χ1v) is 12.1. The molecule has 37 heavy (non-hydrogen) atoms. The number of piperidine rings is 1. The minimum atomic E-state index is -4.39. The van der Waals surface area contributed by atoms with E-state index in [2.05, 4.69) is 44.9 Å². The van der Waals surface area contributed by atoms with Gasteiger partial charge in [0.2, 0.25) is 0 Å². The fourth-order valence-electron chi connectivity index (χ4n) is 5.31. The summed E-state index contributed by atoms with van der Waals surface area (Å²) in [4.78, 5) is 11.1. The zero-order chi connectivity index (χ0) is 26.0. The number of halogens is 3. The molecule has 9 heteroatoms. The van der Waals surface area contributed by atoms with Crippen LogP contribution in [-0.4, -0.2) is 34.8 Å². The second kappa shape index (κ2) is 10.0. The van der Waals surface area contributed by atoms with E-state index in [1.165, 1.54) is 23.3 Å². The number of aliphatic hydroxyl groups excluding tert-OH is 1. The molecule has 5 rings (SSSR count). The van der Waals surface area contributed by atoms with Gasteiger partial charge in [0.15, 0.2) is 5.82 Å². The van der Waals surface area contributed by atoms with Gasteiger partial charge in [-0.05, 0) is 66.0 Å².